The smallest absolute Gasteiger partial charge is 0.0750 e. The Morgan fingerprint density at radius 3 is 2.65 bits per heavy atom. The second-order valence-electron chi connectivity index (χ2n) is 5.21. The summed E-state index contributed by atoms with van der Waals surface area (Å²) in [6.07, 6.45) is 0. The third kappa shape index (κ3) is 4.88. The quantitative estimate of drug-likeness (QED) is 0.815. The lowest BCUT2D eigenvalue weighted by Crippen LogP contribution is -2.38. The van der Waals surface area contributed by atoms with Crippen LogP contribution in [0.25, 0.3) is 0 Å². The van der Waals surface area contributed by atoms with Crippen LogP contribution in [0.4, 0.5) is 0 Å². The van der Waals surface area contributed by atoms with Gasteiger partial charge < -0.3 is 10.1 Å². The van der Waals surface area contributed by atoms with Gasteiger partial charge in [0.1, 0.15) is 0 Å². The Hall–Kier alpha value is -0.860. The minimum atomic E-state index is -0.104. The van der Waals surface area contributed by atoms with Crippen molar-refractivity contribution >= 4 is 0 Å². The number of rotatable bonds is 6. The summed E-state index contributed by atoms with van der Waals surface area (Å²) in [4.78, 5) is 0. The van der Waals surface area contributed by atoms with Crippen LogP contribution in [0.2, 0.25) is 0 Å². The molecule has 2 nitrogen and oxygen atoms in total. The number of hydrogen-bond donors (Lipinski definition) is 1. The first-order valence-electron chi connectivity index (χ1n) is 6.38. The summed E-state index contributed by atoms with van der Waals surface area (Å²) in [6, 6.07) is 8.98. The maximum absolute atomic E-state index is 5.68. The molecule has 0 radical (unpaired) electrons. The number of ether oxygens (including phenoxy) is 1. The van der Waals surface area contributed by atoms with Gasteiger partial charge in [0.05, 0.1) is 5.60 Å². The summed E-state index contributed by atoms with van der Waals surface area (Å²) in [7, 11) is 0. The van der Waals surface area contributed by atoms with Crippen LogP contribution in [0.3, 0.4) is 0 Å². The van der Waals surface area contributed by atoms with Crippen molar-refractivity contribution in [1.82, 2.24) is 5.32 Å². The normalized spacial score (nSPS) is 13.7. The van der Waals surface area contributed by atoms with Gasteiger partial charge in [0.25, 0.3) is 0 Å². The molecule has 0 aliphatic carbocycles. The molecule has 1 atom stereocenters. The summed E-state index contributed by atoms with van der Waals surface area (Å²) >= 11 is 0. The topological polar surface area (TPSA) is 21.3 Å². The average molecular weight is 235 g/mol. The second-order valence-corrected chi connectivity index (χ2v) is 5.21. The zero-order valence-corrected chi connectivity index (χ0v) is 11.7. The molecule has 0 aliphatic heterocycles. The molecule has 1 N–H and O–H groups in total. The summed E-state index contributed by atoms with van der Waals surface area (Å²) in [5, 5.41) is 3.53. The first kappa shape index (κ1) is 14.2. The van der Waals surface area contributed by atoms with E-state index in [4.69, 9.17) is 4.74 Å². The Bertz CT molecular complexity index is 347. The molecule has 0 bridgehead atoms. The first-order chi connectivity index (χ1) is 7.94. The Kier molecular flexibility index (Phi) is 5.16. The minimum absolute atomic E-state index is 0.104. The third-order valence-electron chi connectivity index (χ3n) is 2.91. The second kappa shape index (κ2) is 6.18. The molecule has 0 amide bonds. The molecule has 0 heterocycles. The fraction of sp³-hybridized carbons (Fsp3) is 0.600. The van der Waals surface area contributed by atoms with Crippen molar-refractivity contribution in [2.24, 2.45) is 0 Å². The number of hydrogen-bond acceptors (Lipinski definition) is 2. The van der Waals surface area contributed by atoms with E-state index in [1.165, 1.54) is 11.1 Å². The van der Waals surface area contributed by atoms with Gasteiger partial charge in [-0.1, -0.05) is 29.8 Å². The van der Waals surface area contributed by atoms with E-state index in [1.807, 2.05) is 6.92 Å². The van der Waals surface area contributed by atoms with Gasteiger partial charge in [-0.15, -0.1) is 0 Å². The van der Waals surface area contributed by atoms with Crippen molar-refractivity contribution in [3.63, 3.8) is 0 Å². The number of aryl methyl sites for hydroxylation is 1. The summed E-state index contributed by atoms with van der Waals surface area (Å²) in [6.45, 7) is 12.2. The highest BCUT2D eigenvalue weighted by molar-refractivity contribution is 5.24. The number of nitrogens with one attached hydrogen (secondary N) is 1. The standard InChI is InChI=1S/C15H25NO/c1-6-17-15(4,5)11-16-13(3)14-9-7-8-12(2)10-14/h7-10,13,16H,6,11H2,1-5H3. The van der Waals surface area contributed by atoms with E-state index in [-0.39, 0.29) is 5.60 Å². The van der Waals surface area contributed by atoms with Crippen molar-refractivity contribution in [2.75, 3.05) is 13.2 Å². The SMILES string of the molecule is CCOC(C)(C)CNC(C)c1cccc(C)c1. The molecular formula is C15H25NO. The molecule has 17 heavy (non-hydrogen) atoms. The van der Waals surface area contributed by atoms with E-state index in [1.54, 1.807) is 0 Å². The average Bonchev–Trinajstić information content (AvgIpc) is 2.26. The molecule has 1 unspecified atom stereocenters. The van der Waals surface area contributed by atoms with Crippen LogP contribution in [0.5, 0.6) is 0 Å². The lowest BCUT2D eigenvalue weighted by atomic mass is 10.0. The van der Waals surface area contributed by atoms with Gasteiger partial charge in [0.2, 0.25) is 0 Å². The molecule has 0 aromatic heterocycles. The zero-order valence-electron chi connectivity index (χ0n) is 11.7. The number of benzene rings is 1. The van der Waals surface area contributed by atoms with Gasteiger partial charge in [-0.25, -0.2) is 0 Å². The Balaban J connectivity index is 2.52. The van der Waals surface area contributed by atoms with Gasteiger partial charge in [0.15, 0.2) is 0 Å². The van der Waals surface area contributed by atoms with Gasteiger partial charge in [-0.05, 0) is 40.2 Å². The zero-order chi connectivity index (χ0) is 12.9. The molecule has 0 aliphatic rings. The van der Waals surface area contributed by atoms with Crippen molar-refractivity contribution in [2.45, 2.75) is 46.3 Å². The molecule has 0 spiro atoms. The largest absolute Gasteiger partial charge is 0.375 e. The minimum Gasteiger partial charge on any atom is -0.375 e. The van der Waals surface area contributed by atoms with Crippen molar-refractivity contribution in [1.29, 1.82) is 0 Å². The Morgan fingerprint density at radius 1 is 1.35 bits per heavy atom. The molecule has 1 aromatic carbocycles. The fourth-order valence-corrected chi connectivity index (χ4v) is 1.90. The molecular weight excluding hydrogens is 210 g/mol. The molecule has 2 heteroatoms. The van der Waals surface area contributed by atoms with Crippen LogP contribution >= 0.6 is 0 Å². The highest BCUT2D eigenvalue weighted by atomic mass is 16.5. The van der Waals surface area contributed by atoms with Crippen LogP contribution in [0.15, 0.2) is 24.3 Å². The molecule has 96 valence electrons. The highest BCUT2D eigenvalue weighted by Gasteiger charge is 2.18. The van der Waals surface area contributed by atoms with Crippen molar-refractivity contribution in [3.8, 4) is 0 Å². The van der Waals surface area contributed by atoms with E-state index in [2.05, 4.69) is 57.3 Å². The van der Waals surface area contributed by atoms with Gasteiger partial charge >= 0.3 is 0 Å². The molecule has 0 fully saturated rings. The van der Waals surface area contributed by atoms with Crippen LogP contribution in [0.1, 0.15) is 44.9 Å². The van der Waals surface area contributed by atoms with Crippen LogP contribution < -0.4 is 5.32 Å². The molecule has 0 saturated carbocycles. The Labute approximate surface area is 105 Å². The van der Waals surface area contributed by atoms with Crippen molar-refractivity contribution < 1.29 is 4.74 Å². The third-order valence-corrected chi connectivity index (χ3v) is 2.91. The van der Waals surface area contributed by atoms with E-state index < -0.39 is 0 Å². The predicted molar refractivity (Wildman–Crippen MR) is 73.3 cm³/mol. The molecule has 0 saturated heterocycles. The monoisotopic (exact) mass is 235 g/mol. The highest BCUT2D eigenvalue weighted by Crippen LogP contribution is 2.15. The van der Waals surface area contributed by atoms with E-state index in [0.29, 0.717) is 6.04 Å². The van der Waals surface area contributed by atoms with Gasteiger partial charge in [-0.3, -0.25) is 0 Å². The lowest BCUT2D eigenvalue weighted by molar-refractivity contribution is -0.0103. The Morgan fingerprint density at radius 2 is 2.06 bits per heavy atom. The summed E-state index contributed by atoms with van der Waals surface area (Å²) < 4.78 is 5.68. The summed E-state index contributed by atoms with van der Waals surface area (Å²) in [5.74, 6) is 0. The molecule has 1 rings (SSSR count). The molecule has 1 aromatic rings. The first-order valence-corrected chi connectivity index (χ1v) is 6.38. The lowest BCUT2D eigenvalue weighted by Gasteiger charge is -2.27. The van der Waals surface area contributed by atoms with E-state index >= 15 is 0 Å². The maximum Gasteiger partial charge on any atom is 0.0750 e. The summed E-state index contributed by atoms with van der Waals surface area (Å²) in [5.41, 5.74) is 2.53. The van der Waals surface area contributed by atoms with E-state index in [0.717, 1.165) is 13.2 Å². The fourth-order valence-electron chi connectivity index (χ4n) is 1.90. The van der Waals surface area contributed by atoms with Gasteiger partial charge in [0, 0.05) is 19.2 Å². The van der Waals surface area contributed by atoms with E-state index in [9.17, 15) is 0 Å². The van der Waals surface area contributed by atoms with Crippen LogP contribution in [-0.4, -0.2) is 18.8 Å². The van der Waals surface area contributed by atoms with Crippen LogP contribution in [0, 0.1) is 6.92 Å². The van der Waals surface area contributed by atoms with Crippen molar-refractivity contribution in [3.05, 3.63) is 35.4 Å². The maximum atomic E-state index is 5.68. The predicted octanol–water partition coefficient (Wildman–Crippen LogP) is 3.46. The van der Waals surface area contributed by atoms with Gasteiger partial charge in [-0.2, -0.15) is 0 Å². The van der Waals surface area contributed by atoms with Crippen LogP contribution in [-0.2, 0) is 4.74 Å².